The second kappa shape index (κ2) is 4.17. The van der Waals surface area contributed by atoms with Crippen LogP contribution >= 0.6 is 0 Å². The highest BCUT2D eigenvalue weighted by atomic mass is 16.4. The fraction of sp³-hybridized carbons (Fsp3) is 0.250. The molecule has 78 valence electrons. The second-order valence-corrected chi connectivity index (χ2v) is 3.32. The molecule has 0 saturated carbocycles. The molecule has 0 fully saturated rings. The van der Waals surface area contributed by atoms with Crippen LogP contribution in [0.4, 0.5) is 11.6 Å². The van der Waals surface area contributed by atoms with Crippen molar-refractivity contribution in [2.45, 2.75) is 13.8 Å². The molecule has 0 atom stereocenters. The number of rotatable bonds is 3. The van der Waals surface area contributed by atoms with Crippen LogP contribution in [0.15, 0.2) is 41.1 Å². The summed E-state index contributed by atoms with van der Waals surface area (Å²) in [6.45, 7) is 4.90. The van der Waals surface area contributed by atoms with Crippen molar-refractivity contribution >= 4 is 11.6 Å². The van der Waals surface area contributed by atoms with Crippen LogP contribution in [0.1, 0.15) is 12.6 Å². The summed E-state index contributed by atoms with van der Waals surface area (Å²) in [6, 6.07) is 10.2. The summed E-state index contributed by atoms with van der Waals surface area (Å²) in [7, 11) is 0. The fourth-order valence-corrected chi connectivity index (χ4v) is 1.61. The van der Waals surface area contributed by atoms with E-state index in [1.807, 2.05) is 25.1 Å². The topological polar surface area (TPSA) is 29.3 Å². The summed E-state index contributed by atoms with van der Waals surface area (Å²) in [5.74, 6) is 0.823. The molecule has 0 radical (unpaired) electrons. The number of hydrogen-bond acceptors (Lipinski definition) is 3. The Morgan fingerprint density at radius 3 is 2.53 bits per heavy atom. The molecule has 0 bridgehead atoms. The third kappa shape index (κ3) is 1.86. The van der Waals surface area contributed by atoms with Crippen LogP contribution in [0.25, 0.3) is 0 Å². The van der Waals surface area contributed by atoms with Crippen LogP contribution in [0, 0.1) is 6.92 Å². The SMILES string of the molecule is CCN(c1ccccc1)c1ocnc1C. The number of hydrogen-bond donors (Lipinski definition) is 0. The van der Waals surface area contributed by atoms with E-state index in [0.717, 1.165) is 23.8 Å². The van der Waals surface area contributed by atoms with Crippen LogP contribution in [0.5, 0.6) is 0 Å². The molecule has 0 spiro atoms. The molecule has 3 nitrogen and oxygen atoms in total. The van der Waals surface area contributed by atoms with Gasteiger partial charge in [0.15, 0.2) is 6.39 Å². The van der Waals surface area contributed by atoms with E-state index in [4.69, 9.17) is 4.42 Å². The number of nitrogens with zero attached hydrogens (tertiary/aromatic N) is 2. The van der Waals surface area contributed by atoms with Crippen LogP contribution in [-0.4, -0.2) is 11.5 Å². The van der Waals surface area contributed by atoms with Crippen LogP contribution in [-0.2, 0) is 0 Å². The van der Waals surface area contributed by atoms with Crippen molar-refractivity contribution in [1.82, 2.24) is 4.98 Å². The molecule has 1 aromatic heterocycles. The zero-order valence-corrected chi connectivity index (χ0v) is 8.97. The van der Waals surface area contributed by atoms with Gasteiger partial charge in [0.25, 0.3) is 0 Å². The molecule has 15 heavy (non-hydrogen) atoms. The molecule has 2 rings (SSSR count). The average molecular weight is 202 g/mol. The lowest BCUT2D eigenvalue weighted by Gasteiger charge is -2.20. The lowest BCUT2D eigenvalue weighted by atomic mass is 10.3. The molecule has 0 aliphatic rings. The molecule has 0 aliphatic heterocycles. The fourth-order valence-electron chi connectivity index (χ4n) is 1.61. The second-order valence-electron chi connectivity index (χ2n) is 3.32. The van der Waals surface area contributed by atoms with Crippen LogP contribution in [0.3, 0.4) is 0 Å². The first kappa shape index (κ1) is 9.77. The quantitative estimate of drug-likeness (QED) is 0.765. The standard InChI is InChI=1S/C12H14N2O/c1-3-14(11-7-5-4-6-8-11)12-10(2)13-9-15-12/h4-9H,3H2,1-2H3. The molecule has 2 aromatic rings. The third-order valence-electron chi connectivity index (χ3n) is 2.35. The Labute approximate surface area is 89.4 Å². The molecule has 0 N–H and O–H groups in total. The Hall–Kier alpha value is -1.77. The van der Waals surface area contributed by atoms with Gasteiger partial charge in [-0.25, -0.2) is 4.98 Å². The van der Waals surface area contributed by atoms with Gasteiger partial charge < -0.3 is 9.32 Å². The first-order valence-corrected chi connectivity index (χ1v) is 5.05. The van der Waals surface area contributed by atoms with Gasteiger partial charge in [-0.3, -0.25) is 0 Å². The van der Waals surface area contributed by atoms with Crippen molar-refractivity contribution in [3.8, 4) is 0 Å². The number of para-hydroxylation sites is 1. The monoisotopic (exact) mass is 202 g/mol. The highest BCUT2D eigenvalue weighted by Crippen LogP contribution is 2.26. The summed E-state index contributed by atoms with van der Waals surface area (Å²) >= 11 is 0. The van der Waals surface area contributed by atoms with E-state index >= 15 is 0 Å². The van der Waals surface area contributed by atoms with Crippen molar-refractivity contribution in [2.24, 2.45) is 0 Å². The maximum atomic E-state index is 5.39. The lowest BCUT2D eigenvalue weighted by molar-refractivity contribution is 0.555. The van der Waals surface area contributed by atoms with Gasteiger partial charge in [-0.15, -0.1) is 0 Å². The summed E-state index contributed by atoms with van der Waals surface area (Å²) in [6.07, 6.45) is 1.48. The van der Waals surface area contributed by atoms with Crippen molar-refractivity contribution in [2.75, 3.05) is 11.4 Å². The van der Waals surface area contributed by atoms with Gasteiger partial charge in [0.05, 0.1) is 0 Å². The van der Waals surface area contributed by atoms with Crippen molar-refractivity contribution in [3.05, 3.63) is 42.4 Å². The molecular formula is C12H14N2O. The summed E-state index contributed by atoms with van der Waals surface area (Å²) in [4.78, 5) is 6.20. The lowest BCUT2D eigenvalue weighted by Crippen LogP contribution is -2.16. The van der Waals surface area contributed by atoms with Crippen molar-refractivity contribution < 1.29 is 4.42 Å². The Balaban J connectivity index is 2.37. The summed E-state index contributed by atoms with van der Waals surface area (Å²) < 4.78 is 5.39. The summed E-state index contributed by atoms with van der Waals surface area (Å²) in [5, 5.41) is 0. The Bertz CT molecular complexity index is 422. The maximum absolute atomic E-state index is 5.39. The average Bonchev–Trinajstić information content (AvgIpc) is 2.68. The maximum Gasteiger partial charge on any atom is 0.223 e. The van der Waals surface area contributed by atoms with E-state index < -0.39 is 0 Å². The Morgan fingerprint density at radius 1 is 1.27 bits per heavy atom. The molecule has 0 aliphatic carbocycles. The van der Waals surface area contributed by atoms with Gasteiger partial charge in [-0.2, -0.15) is 0 Å². The minimum absolute atomic E-state index is 0.823. The predicted molar refractivity (Wildman–Crippen MR) is 60.4 cm³/mol. The van der Waals surface area contributed by atoms with E-state index in [9.17, 15) is 0 Å². The number of benzene rings is 1. The first-order valence-electron chi connectivity index (χ1n) is 5.05. The molecule has 0 unspecified atom stereocenters. The molecule has 1 aromatic carbocycles. The Morgan fingerprint density at radius 2 is 2.00 bits per heavy atom. The molecule has 0 saturated heterocycles. The van der Waals surface area contributed by atoms with Gasteiger partial charge in [-0.05, 0) is 26.0 Å². The van der Waals surface area contributed by atoms with E-state index in [0.29, 0.717) is 0 Å². The van der Waals surface area contributed by atoms with E-state index in [2.05, 4.69) is 28.9 Å². The molecule has 0 amide bonds. The van der Waals surface area contributed by atoms with E-state index in [-0.39, 0.29) is 0 Å². The van der Waals surface area contributed by atoms with Gasteiger partial charge in [0.2, 0.25) is 5.88 Å². The van der Waals surface area contributed by atoms with E-state index in [1.165, 1.54) is 6.39 Å². The number of aromatic nitrogens is 1. The molecule has 1 heterocycles. The highest BCUT2D eigenvalue weighted by Gasteiger charge is 2.13. The van der Waals surface area contributed by atoms with Gasteiger partial charge in [0.1, 0.15) is 5.69 Å². The first-order chi connectivity index (χ1) is 7.33. The number of anilines is 2. The van der Waals surface area contributed by atoms with Crippen molar-refractivity contribution in [3.63, 3.8) is 0 Å². The third-order valence-corrected chi connectivity index (χ3v) is 2.35. The highest BCUT2D eigenvalue weighted by molar-refractivity contribution is 5.59. The van der Waals surface area contributed by atoms with Gasteiger partial charge in [-0.1, -0.05) is 18.2 Å². The minimum Gasteiger partial charge on any atom is -0.427 e. The van der Waals surface area contributed by atoms with Crippen LogP contribution < -0.4 is 4.90 Å². The molecular weight excluding hydrogens is 188 g/mol. The van der Waals surface area contributed by atoms with Gasteiger partial charge in [0, 0.05) is 12.2 Å². The van der Waals surface area contributed by atoms with Crippen molar-refractivity contribution in [1.29, 1.82) is 0 Å². The zero-order valence-electron chi connectivity index (χ0n) is 8.97. The smallest absolute Gasteiger partial charge is 0.223 e. The zero-order chi connectivity index (χ0) is 10.7. The number of aryl methyl sites for hydroxylation is 1. The van der Waals surface area contributed by atoms with Gasteiger partial charge >= 0.3 is 0 Å². The van der Waals surface area contributed by atoms with Crippen LogP contribution in [0.2, 0.25) is 0 Å². The van der Waals surface area contributed by atoms with E-state index in [1.54, 1.807) is 0 Å². The minimum atomic E-state index is 0.823. The Kier molecular flexibility index (Phi) is 2.72. The summed E-state index contributed by atoms with van der Waals surface area (Å²) in [5.41, 5.74) is 2.04. The molecule has 3 heteroatoms. The predicted octanol–water partition coefficient (Wildman–Crippen LogP) is 3.14. The number of oxazole rings is 1. The normalized spacial score (nSPS) is 10.3. The largest absolute Gasteiger partial charge is 0.427 e.